The van der Waals surface area contributed by atoms with Gasteiger partial charge in [0.1, 0.15) is 0 Å². The van der Waals surface area contributed by atoms with Crippen molar-refractivity contribution in [3.8, 4) is 0 Å². The van der Waals surface area contributed by atoms with E-state index in [1.165, 1.54) is 11.1 Å². The Hall–Kier alpha value is -1.35. The van der Waals surface area contributed by atoms with Gasteiger partial charge in [-0.2, -0.15) is 0 Å². The molecule has 0 saturated carbocycles. The van der Waals surface area contributed by atoms with Crippen LogP contribution in [0.25, 0.3) is 0 Å². The van der Waals surface area contributed by atoms with Crippen LogP contribution in [0.3, 0.4) is 0 Å². The molecule has 0 atom stereocenters. The number of benzene rings is 1. The van der Waals surface area contributed by atoms with Crippen LogP contribution >= 0.6 is 0 Å². The largest absolute Gasteiger partial charge is 0.481 e. The van der Waals surface area contributed by atoms with Gasteiger partial charge in [-0.3, -0.25) is 4.79 Å². The summed E-state index contributed by atoms with van der Waals surface area (Å²) in [6.45, 7) is 5.97. The van der Waals surface area contributed by atoms with Crippen molar-refractivity contribution in [2.45, 2.75) is 33.1 Å². The highest BCUT2D eigenvalue weighted by atomic mass is 16.4. The number of rotatable bonds is 8. The molecule has 0 aliphatic heterocycles. The molecular formula is C16H25NO2. The zero-order chi connectivity index (χ0) is 14.3. The zero-order valence-electron chi connectivity index (χ0n) is 12.2. The van der Waals surface area contributed by atoms with E-state index in [1.54, 1.807) is 0 Å². The lowest BCUT2D eigenvalue weighted by Crippen LogP contribution is -2.24. The van der Waals surface area contributed by atoms with Crippen molar-refractivity contribution in [3.63, 3.8) is 0 Å². The van der Waals surface area contributed by atoms with Crippen LogP contribution in [-0.2, 0) is 17.6 Å². The Morgan fingerprint density at radius 3 is 2.26 bits per heavy atom. The molecule has 0 unspecified atom stereocenters. The molecule has 0 radical (unpaired) electrons. The van der Waals surface area contributed by atoms with Crippen molar-refractivity contribution in [1.82, 2.24) is 4.90 Å². The zero-order valence-corrected chi connectivity index (χ0v) is 12.2. The average molecular weight is 263 g/mol. The standard InChI is InChI=1S/C16H25NO2/c1-13(2)12-15-6-4-14(5-7-15)8-10-17(3)11-9-16(18)19/h4-7,13H,8-12H2,1-3H3,(H,18,19). The highest BCUT2D eigenvalue weighted by Gasteiger charge is 2.03. The van der Waals surface area contributed by atoms with Gasteiger partial charge in [0.05, 0.1) is 6.42 Å². The predicted octanol–water partition coefficient (Wildman–Crippen LogP) is 2.83. The summed E-state index contributed by atoms with van der Waals surface area (Å²) in [6.07, 6.45) is 2.31. The maximum absolute atomic E-state index is 10.5. The number of nitrogens with zero attached hydrogens (tertiary/aromatic N) is 1. The minimum absolute atomic E-state index is 0.212. The fraction of sp³-hybridized carbons (Fsp3) is 0.562. The summed E-state index contributed by atoms with van der Waals surface area (Å²) in [5.74, 6) is -0.0436. The first-order valence-corrected chi connectivity index (χ1v) is 6.95. The molecule has 0 spiro atoms. The normalized spacial score (nSPS) is 11.2. The molecule has 0 aromatic heterocycles. The average Bonchev–Trinajstić information content (AvgIpc) is 2.35. The summed E-state index contributed by atoms with van der Waals surface area (Å²) in [5.41, 5.74) is 2.70. The molecule has 3 nitrogen and oxygen atoms in total. The molecule has 1 aromatic rings. The van der Waals surface area contributed by atoms with Crippen LogP contribution in [-0.4, -0.2) is 36.1 Å². The first kappa shape index (κ1) is 15.7. The monoisotopic (exact) mass is 263 g/mol. The van der Waals surface area contributed by atoms with Crippen LogP contribution in [0.5, 0.6) is 0 Å². The first-order chi connectivity index (χ1) is 8.97. The first-order valence-electron chi connectivity index (χ1n) is 6.95. The summed E-state index contributed by atoms with van der Waals surface area (Å²) >= 11 is 0. The van der Waals surface area contributed by atoms with Gasteiger partial charge in [0.2, 0.25) is 0 Å². The SMILES string of the molecule is CC(C)Cc1ccc(CCN(C)CCC(=O)O)cc1. The molecule has 1 rings (SSSR count). The number of carboxylic acids is 1. The predicted molar refractivity (Wildman–Crippen MR) is 78.4 cm³/mol. The molecule has 3 heteroatoms. The quantitative estimate of drug-likeness (QED) is 0.784. The fourth-order valence-electron chi connectivity index (χ4n) is 2.03. The number of carbonyl (C=O) groups is 1. The van der Waals surface area contributed by atoms with E-state index in [9.17, 15) is 4.79 Å². The van der Waals surface area contributed by atoms with Crippen LogP contribution in [0, 0.1) is 5.92 Å². The van der Waals surface area contributed by atoms with Crippen LogP contribution in [0.1, 0.15) is 31.4 Å². The summed E-state index contributed by atoms with van der Waals surface area (Å²) < 4.78 is 0. The van der Waals surface area contributed by atoms with Gasteiger partial charge in [-0.15, -0.1) is 0 Å². The fourth-order valence-corrected chi connectivity index (χ4v) is 2.03. The van der Waals surface area contributed by atoms with E-state index < -0.39 is 5.97 Å². The molecular weight excluding hydrogens is 238 g/mol. The van der Waals surface area contributed by atoms with Crippen molar-refractivity contribution in [2.75, 3.05) is 20.1 Å². The smallest absolute Gasteiger partial charge is 0.304 e. The maximum atomic E-state index is 10.5. The third-order valence-corrected chi connectivity index (χ3v) is 3.16. The van der Waals surface area contributed by atoms with Crippen LogP contribution in [0.2, 0.25) is 0 Å². The highest BCUT2D eigenvalue weighted by molar-refractivity contribution is 5.66. The molecule has 0 saturated heterocycles. The van der Waals surface area contributed by atoms with Gasteiger partial charge in [0.15, 0.2) is 0 Å². The number of aliphatic carboxylic acids is 1. The van der Waals surface area contributed by atoms with E-state index >= 15 is 0 Å². The number of likely N-dealkylation sites (N-methyl/N-ethyl adjacent to an activating group) is 1. The Morgan fingerprint density at radius 1 is 1.16 bits per heavy atom. The number of carboxylic acid groups (broad SMARTS) is 1. The Bertz CT molecular complexity index is 384. The third-order valence-electron chi connectivity index (χ3n) is 3.16. The number of hydrogen-bond acceptors (Lipinski definition) is 2. The minimum atomic E-state index is -0.732. The second-order valence-corrected chi connectivity index (χ2v) is 5.61. The Balaban J connectivity index is 2.35. The highest BCUT2D eigenvalue weighted by Crippen LogP contribution is 2.10. The summed E-state index contributed by atoms with van der Waals surface area (Å²) in [4.78, 5) is 12.5. The van der Waals surface area contributed by atoms with Crippen LogP contribution in [0.4, 0.5) is 0 Å². The van der Waals surface area contributed by atoms with E-state index in [4.69, 9.17) is 5.11 Å². The second kappa shape index (κ2) is 7.95. The lowest BCUT2D eigenvalue weighted by molar-refractivity contribution is -0.137. The Kier molecular flexibility index (Phi) is 6.57. The summed E-state index contributed by atoms with van der Waals surface area (Å²) in [5, 5.41) is 8.62. The number of hydrogen-bond donors (Lipinski definition) is 1. The lowest BCUT2D eigenvalue weighted by atomic mass is 10.0. The lowest BCUT2D eigenvalue weighted by Gasteiger charge is -2.15. The van der Waals surface area contributed by atoms with E-state index in [-0.39, 0.29) is 6.42 Å². The van der Waals surface area contributed by atoms with Crippen molar-refractivity contribution in [1.29, 1.82) is 0 Å². The van der Waals surface area contributed by atoms with Gasteiger partial charge in [0, 0.05) is 13.1 Å². The van der Waals surface area contributed by atoms with Gasteiger partial charge in [0.25, 0.3) is 0 Å². The van der Waals surface area contributed by atoms with E-state index in [1.807, 2.05) is 7.05 Å². The van der Waals surface area contributed by atoms with Gasteiger partial charge < -0.3 is 10.0 Å². The molecule has 0 heterocycles. The Morgan fingerprint density at radius 2 is 1.74 bits per heavy atom. The third kappa shape index (κ3) is 6.97. The molecule has 19 heavy (non-hydrogen) atoms. The van der Waals surface area contributed by atoms with Gasteiger partial charge in [-0.25, -0.2) is 0 Å². The minimum Gasteiger partial charge on any atom is -0.481 e. The topological polar surface area (TPSA) is 40.5 Å². The Labute approximate surface area is 116 Å². The molecule has 1 N–H and O–H groups in total. The molecule has 0 amide bonds. The van der Waals surface area contributed by atoms with Crippen LogP contribution < -0.4 is 0 Å². The second-order valence-electron chi connectivity index (χ2n) is 5.61. The van der Waals surface area contributed by atoms with E-state index in [0.717, 1.165) is 19.4 Å². The van der Waals surface area contributed by atoms with Gasteiger partial charge in [-0.1, -0.05) is 38.1 Å². The van der Waals surface area contributed by atoms with Crippen molar-refractivity contribution in [2.24, 2.45) is 5.92 Å². The molecule has 0 fully saturated rings. The molecule has 0 aliphatic rings. The van der Waals surface area contributed by atoms with Crippen molar-refractivity contribution in [3.05, 3.63) is 35.4 Å². The van der Waals surface area contributed by atoms with Gasteiger partial charge in [-0.05, 0) is 36.9 Å². The molecule has 0 bridgehead atoms. The summed E-state index contributed by atoms with van der Waals surface area (Å²) in [7, 11) is 1.97. The molecule has 1 aromatic carbocycles. The molecule has 106 valence electrons. The summed E-state index contributed by atoms with van der Waals surface area (Å²) in [6, 6.07) is 8.77. The van der Waals surface area contributed by atoms with E-state index in [2.05, 4.69) is 43.0 Å². The molecule has 0 aliphatic carbocycles. The van der Waals surface area contributed by atoms with Crippen molar-refractivity contribution < 1.29 is 9.90 Å². The van der Waals surface area contributed by atoms with E-state index in [0.29, 0.717) is 12.5 Å². The van der Waals surface area contributed by atoms with Crippen LogP contribution in [0.15, 0.2) is 24.3 Å². The maximum Gasteiger partial charge on any atom is 0.304 e. The van der Waals surface area contributed by atoms with Gasteiger partial charge >= 0.3 is 5.97 Å². The van der Waals surface area contributed by atoms with Crippen molar-refractivity contribution >= 4 is 5.97 Å².